The molecule has 0 aliphatic heterocycles. The van der Waals surface area contributed by atoms with Gasteiger partial charge in [0, 0.05) is 0 Å². The highest BCUT2D eigenvalue weighted by Gasteiger charge is 2.62. The van der Waals surface area contributed by atoms with Crippen molar-refractivity contribution in [1.29, 1.82) is 0 Å². The summed E-state index contributed by atoms with van der Waals surface area (Å²) in [7, 11) is 0. The fraction of sp³-hybridized carbons (Fsp3) is 1.00. The lowest BCUT2D eigenvalue weighted by molar-refractivity contribution is 0.0521. The van der Waals surface area contributed by atoms with Crippen LogP contribution in [0.25, 0.3) is 0 Å². The SMILES string of the molecule is CC1(CC2C3CCC(C3)C2(C)C)CCC2C(C1)C2(C)C. The lowest BCUT2D eigenvalue weighted by Gasteiger charge is -2.44. The monoisotopic (exact) mass is 274 g/mol. The average molecular weight is 274 g/mol. The summed E-state index contributed by atoms with van der Waals surface area (Å²) in [6.07, 6.45) is 10.8. The van der Waals surface area contributed by atoms with Gasteiger partial charge in [-0.25, -0.2) is 0 Å². The number of hydrogen-bond acceptors (Lipinski definition) is 0. The molecule has 6 atom stereocenters. The van der Waals surface area contributed by atoms with E-state index < -0.39 is 0 Å². The van der Waals surface area contributed by atoms with E-state index in [1.54, 1.807) is 19.3 Å². The van der Waals surface area contributed by atoms with Crippen LogP contribution in [0.15, 0.2) is 0 Å². The van der Waals surface area contributed by atoms with Gasteiger partial charge >= 0.3 is 0 Å². The molecule has 2 bridgehead atoms. The molecule has 6 unspecified atom stereocenters. The summed E-state index contributed by atoms with van der Waals surface area (Å²) in [5.74, 6) is 5.29. The van der Waals surface area contributed by atoms with Gasteiger partial charge in [-0.05, 0) is 90.8 Å². The Morgan fingerprint density at radius 2 is 1.60 bits per heavy atom. The van der Waals surface area contributed by atoms with Gasteiger partial charge < -0.3 is 0 Å². The number of hydrogen-bond donors (Lipinski definition) is 0. The molecule has 114 valence electrons. The molecular formula is C20H34. The molecule has 0 spiro atoms. The van der Waals surface area contributed by atoms with Gasteiger partial charge in [-0.15, -0.1) is 0 Å². The van der Waals surface area contributed by atoms with Crippen molar-refractivity contribution in [3.63, 3.8) is 0 Å². The molecule has 0 aromatic heterocycles. The Balaban J connectivity index is 1.49. The van der Waals surface area contributed by atoms with Crippen molar-refractivity contribution in [2.24, 2.45) is 45.8 Å². The first-order valence-corrected chi connectivity index (χ1v) is 9.24. The standard InChI is InChI=1S/C20H34/c1-18(2)14-7-6-13(10-14)16(18)11-20(5)9-8-15-17(12-20)19(15,3)4/h13-17H,6-12H2,1-5H3. The lowest BCUT2D eigenvalue weighted by atomic mass is 9.61. The molecule has 0 aromatic carbocycles. The van der Waals surface area contributed by atoms with E-state index in [0.717, 1.165) is 29.6 Å². The van der Waals surface area contributed by atoms with Crippen molar-refractivity contribution in [3.05, 3.63) is 0 Å². The Labute approximate surface area is 126 Å². The third-order valence-electron chi connectivity index (χ3n) is 8.82. The van der Waals surface area contributed by atoms with Gasteiger partial charge in [0.15, 0.2) is 0 Å². The second kappa shape index (κ2) is 3.85. The van der Waals surface area contributed by atoms with Gasteiger partial charge in [0.1, 0.15) is 0 Å². The topological polar surface area (TPSA) is 0 Å². The van der Waals surface area contributed by atoms with E-state index in [0.29, 0.717) is 16.2 Å². The van der Waals surface area contributed by atoms with Crippen LogP contribution in [-0.4, -0.2) is 0 Å². The summed E-state index contributed by atoms with van der Waals surface area (Å²) >= 11 is 0. The number of fused-ring (bicyclic) bond motifs is 3. The van der Waals surface area contributed by atoms with Crippen LogP contribution in [0.5, 0.6) is 0 Å². The first-order chi connectivity index (χ1) is 9.24. The zero-order valence-corrected chi connectivity index (χ0v) is 14.3. The van der Waals surface area contributed by atoms with Gasteiger partial charge in [-0.2, -0.15) is 0 Å². The fourth-order valence-corrected chi connectivity index (χ4v) is 7.09. The summed E-state index contributed by atoms with van der Waals surface area (Å²) in [5.41, 5.74) is 1.99. The molecule has 0 heterocycles. The quantitative estimate of drug-likeness (QED) is 0.587. The van der Waals surface area contributed by atoms with E-state index in [1.165, 1.54) is 25.7 Å². The van der Waals surface area contributed by atoms with Crippen molar-refractivity contribution in [1.82, 2.24) is 0 Å². The second-order valence-corrected chi connectivity index (χ2v) is 10.5. The van der Waals surface area contributed by atoms with Gasteiger partial charge in [0.25, 0.3) is 0 Å². The smallest absolute Gasteiger partial charge is 0.0292 e. The molecule has 0 nitrogen and oxygen atoms in total. The van der Waals surface area contributed by atoms with E-state index in [4.69, 9.17) is 0 Å². The summed E-state index contributed by atoms with van der Waals surface area (Å²) < 4.78 is 0. The average Bonchev–Trinajstić information content (AvgIpc) is 2.71. The van der Waals surface area contributed by atoms with E-state index in [-0.39, 0.29) is 0 Å². The van der Waals surface area contributed by atoms with Crippen LogP contribution in [0.2, 0.25) is 0 Å². The van der Waals surface area contributed by atoms with Crippen LogP contribution < -0.4 is 0 Å². The van der Waals surface area contributed by atoms with E-state index in [1.807, 2.05) is 0 Å². The third-order valence-corrected chi connectivity index (χ3v) is 8.82. The molecule has 0 aromatic rings. The van der Waals surface area contributed by atoms with Crippen molar-refractivity contribution < 1.29 is 0 Å². The highest BCUT2D eigenvalue weighted by molar-refractivity contribution is 5.11. The largest absolute Gasteiger partial charge is 0.0596 e. The Hall–Kier alpha value is 0. The maximum Gasteiger partial charge on any atom is -0.0292 e. The van der Waals surface area contributed by atoms with E-state index >= 15 is 0 Å². The van der Waals surface area contributed by atoms with Crippen LogP contribution in [0.3, 0.4) is 0 Å². The highest BCUT2D eigenvalue weighted by atomic mass is 14.7. The van der Waals surface area contributed by atoms with Gasteiger partial charge in [-0.1, -0.05) is 34.6 Å². The molecule has 4 aliphatic carbocycles. The fourth-order valence-electron chi connectivity index (χ4n) is 7.09. The van der Waals surface area contributed by atoms with Crippen LogP contribution in [0.1, 0.15) is 79.6 Å². The Bertz CT molecular complexity index is 418. The summed E-state index contributed by atoms with van der Waals surface area (Å²) in [4.78, 5) is 0. The molecule has 4 saturated carbocycles. The molecular weight excluding hydrogens is 240 g/mol. The van der Waals surface area contributed by atoms with Gasteiger partial charge in [-0.3, -0.25) is 0 Å². The molecule has 0 amide bonds. The normalized spacial score (nSPS) is 54.8. The highest BCUT2D eigenvalue weighted by Crippen LogP contribution is 2.70. The Kier molecular flexibility index (Phi) is 2.63. The summed E-state index contributed by atoms with van der Waals surface area (Å²) in [6, 6.07) is 0. The van der Waals surface area contributed by atoms with Crippen LogP contribution in [-0.2, 0) is 0 Å². The minimum absolute atomic E-state index is 0.641. The number of rotatable bonds is 2. The molecule has 4 rings (SSSR count). The van der Waals surface area contributed by atoms with Crippen LogP contribution >= 0.6 is 0 Å². The molecule has 0 radical (unpaired) electrons. The first-order valence-electron chi connectivity index (χ1n) is 9.24. The van der Waals surface area contributed by atoms with Crippen LogP contribution in [0, 0.1) is 45.8 Å². The Morgan fingerprint density at radius 3 is 2.20 bits per heavy atom. The Morgan fingerprint density at radius 1 is 0.850 bits per heavy atom. The van der Waals surface area contributed by atoms with Crippen molar-refractivity contribution in [3.8, 4) is 0 Å². The van der Waals surface area contributed by atoms with Crippen molar-refractivity contribution in [2.45, 2.75) is 79.6 Å². The van der Waals surface area contributed by atoms with Gasteiger partial charge in [0.05, 0.1) is 0 Å². The van der Waals surface area contributed by atoms with E-state index in [2.05, 4.69) is 34.6 Å². The third kappa shape index (κ3) is 1.72. The van der Waals surface area contributed by atoms with Crippen molar-refractivity contribution >= 4 is 0 Å². The minimum atomic E-state index is 0.641. The van der Waals surface area contributed by atoms with Crippen molar-refractivity contribution in [2.75, 3.05) is 0 Å². The zero-order chi connectivity index (χ0) is 14.3. The maximum atomic E-state index is 2.64. The molecule has 0 N–H and O–H groups in total. The summed E-state index contributed by atoms with van der Waals surface area (Å²) in [6.45, 7) is 12.9. The molecule has 4 fully saturated rings. The molecule has 0 saturated heterocycles. The zero-order valence-electron chi connectivity index (χ0n) is 14.3. The minimum Gasteiger partial charge on any atom is -0.0596 e. The summed E-state index contributed by atoms with van der Waals surface area (Å²) in [5, 5.41) is 0. The molecule has 4 aliphatic rings. The first kappa shape index (κ1) is 13.6. The second-order valence-electron chi connectivity index (χ2n) is 10.5. The van der Waals surface area contributed by atoms with Gasteiger partial charge in [0.2, 0.25) is 0 Å². The van der Waals surface area contributed by atoms with E-state index in [9.17, 15) is 0 Å². The predicted molar refractivity (Wildman–Crippen MR) is 85.4 cm³/mol. The lowest BCUT2D eigenvalue weighted by Crippen LogP contribution is -2.36. The predicted octanol–water partition coefficient (Wildman–Crippen LogP) is 5.91. The maximum absolute atomic E-state index is 2.64. The molecule has 0 heteroatoms. The molecule has 20 heavy (non-hydrogen) atoms. The van der Waals surface area contributed by atoms with Crippen LogP contribution in [0.4, 0.5) is 0 Å².